The Kier molecular flexibility index (Phi) is 8.22. The van der Waals surface area contributed by atoms with E-state index in [1.54, 1.807) is 0 Å². The summed E-state index contributed by atoms with van der Waals surface area (Å²) in [6.45, 7) is 21.3. The van der Waals surface area contributed by atoms with E-state index in [2.05, 4.69) is 56.7 Å². The molecule has 0 bridgehead atoms. The molecular weight excluding hydrogens is 258 g/mol. The molecule has 0 spiro atoms. The lowest BCUT2D eigenvalue weighted by atomic mass is 9.80. The first kappa shape index (κ1) is 18.9. The zero-order valence-corrected chi connectivity index (χ0v) is 15.4. The summed E-state index contributed by atoms with van der Waals surface area (Å²) in [4.78, 5) is 5.32. The summed E-state index contributed by atoms with van der Waals surface area (Å²) in [6.07, 6.45) is 3.94. The average molecular weight is 298 g/mol. The maximum Gasteiger partial charge on any atom is 0.0182 e. The van der Waals surface area contributed by atoms with Crippen molar-refractivity contribution in [2.45, 2.75) is 72.4 Å². The highest BCUT2D eigenvalue weighted by Gasteiger charge is 2.35. The Labute approximate surface area is 133 Å². The minimum Gasteiger partial charge on any atom is -0.315 e. The highest BCUT2D eigenvalue weighted by Crippen LogP contribution is 2.31. The van der Waals surface area contributed by atoms with E-state index in [1.165, 1.54) is 52.0 Å². The molecular formula is C18H39N3. The first-order chi connectivity index (χ1) is 9.91. The van der Waals surface area contributed by atoms with E-state index in [0.717, 1.165) is 12.5 Å². The van der Waals surface area contributed by atoms with Crippen LogP contribution in [0.1, 0.15) is 60.8 Å². The Bertz CT molecular complexity index is 268. The predicted octanol–water partition coefficient (Wildman–Crippen LogP) is 3.21. The second-order valence-electron chi connectivity index (χ2n) is 7.46. The molecule has 3 nitrogen and oxygen atoms in total. The fourth-order valence-electron chi connectivity index (χ4n) is 3.64. The number of nitrogens with zero attached hydrogens (tertiary/aromatic N) is 2. The SMILES string of the molecule is CCCC(CCNC(C)C)C(C)(C)N1CCN(CC)CC1. The highest BCUT2D eigenvalue weighted by atomic mass is 15.3. The fourth-order valence-corrected chi connectivity index (χ4v) is 3.64. The van der Waals surface area contributed by atoms with Crippen LogP contribution in [0.4, 0.5) is 0 Å². The van der Waals surface area contributed by atoms with Crippen molar-refractivity contribution in [3.63, 3.8) is 0 Å². The van der Waals surface area contributed by atoms with E-state index in [4.69, 9.17) is 0 Å². The first-order valence-electron chi connectivity index (χ1n) is 9.12. The summed E-state index contributed by atoms with van der Waals surface area (Å²) >= 11 is 0. The summed E-state index contributed by atoms with van der Waals surface area (Å²) < 4.78 is 0. The molecule has 0 saturated carbocycles. The standard InChI is InChI=1S/C18H39N3/c1-7-9-17(10-11-19-16(3)4)18(5,6)21-14-12-20(8-2)13-15-21/h16-17,19H,7-15H2,1-6H3. The van der Waals surface area contributed by atoms with Crippen molar-refractivity contribution in [3.05, 3.63) is 0 Å². The monoisotopic (exact) mass is 297 g/mol. The molecule has 3 heteroatoms. The van der Waals surface area contributed by atoms with Crippen molar-refractivity contribution < 1.29 is 0 Å². The quantitative estimate of drug-likeness (QED) is 0.705. The number of rotatable bonds is 9. The molecule has 1 saturated heterocycles. The van der Waals surface area contributed by atoms with Crippen LogP contribution in [-0.4, -0.2) is 60.6 Å². The van der Waals surface area contributed by atoms with Crippen LogP contribution < -0.4 is 5.32 Å². The lowest BCUT2D eigenvalue weighted by molar-refractivity contribution is 0.0118. The van der Waals surface area contributed by atoms with Gasteiger partial charge in [-0.05, 0) is 45.7 Å². The van der Waals surface area contributed by atoms with Gasteiger partial charge in [-0.25, -0.2) is 0 Å². The van der Waals surface area contributed by atoms with Crippen LogP contribution in [-0.2, 0) is 0 Å². The summed E-state index contributed by atoms with van der Waals surface area (Å²) in [6, 6.07) is 0.600. The van der Waals surface area contributed by atoms with Gasteiger partial charge < -0.3 is 10.2 Å². The topological polar surface area (TPSA) is 18.5 Å². The molecule has 1 fully saturated rings. The molecule has 1 heterocycles. The average Bonchev–Trinajstić information content (AvgIpc) is 2.46. The fraction of sp³-hybridized carbons (Fsp3) is 1.00. The molecule has 0 aromatic heterocycles. The summed E-state index contributed by atoms with van der Waals surface area (Å²) in [5.41, 5.74) is 0.328. The third kappa shape index (κ3) is 5.88. The van der Waals surface area contributed by atoms with E-state index in [1.807, 2.05) is 0 Å². The molecule has 0 amide bonds. The molecule has 1 atom stereocenters. The van der Waals surface area contributed by atoms with E-state index < -0.39 is 0 Å². The third-order valence-corrected chi connectivity index (χ3v) is 5.32. The van der Waals surface area contributed by atoms with E-state index in [-0.39, 0.29) is 0 Å². The molecule has 1 rings (SSSR count). The van der Waals surface area contributed by atoms with Gasteiger partial charge in [0.25, 0.3) is 0 Å². The van der Waals surface area contributed by atoms with Crippen molar-refractivity contribution in [1.82, 2.24) is 15.1 Å². The Morgan fingerprint density at radius 3 is 2.10 bits per heavy atom. The minimum atomic E-state index is 0.328. The number of hydrogen-bond acceptors (Lipinski definition) is 3. The predicted molar refractivity (Wildman–Crippen MR) is 93.9 cm³/mol. The van der Waals surface area contributed by atoms with Gasteiger partial charge in [0.05, 0.1) is 0 Å². The summed E-state index contributed by atoms with van der Waals surface area (Å²) in [7, 11) is 0. The lowest BCUT2D eigenvalue weighted by Crippen LogP contribution is -2.57. The van der Waals surface area contributed by atoms with Crippen LogP contribution in [0.25, 0.3) is 0 Å². The van der Waals surface area contributed by atoms with Crippen LogP contribution in [0, 0.1) is 5.92 Å². The van der Waals surface area contributed by atoms with Crippen molar-refractivity contribution in [1.29, 1.82) is 0 Å². The van der Waals surface area contributed by atoms with E-state index >= 15 is 0 Å². The number of nitrogens with one attached hydrogen (secondary N) is 1. The molecule has 1 unspecified atom stereocenters. The van der Waals surface area contributed by atoms with Crippen LogP contribution >= 0.6 is 0 Å². The van der Waals surface area contributed by atoms with Gasteiger partial charge in [-0.15, -0.1) is 0 Å². The second-order valence-corrected chi connectivity index (χ2v) is 7.46. The maximum absolute atomic E-state index is 3.60. The molecule has 1 aliphatic rings. The molecule has 126 valence electrons. The Morgan fingerprint density at radius 1 is 1.00 bits per heavy atom. The Morgan fingerprint density at radius 2 is 1.62 bits per heavy atom. The largest absolute Gasteiger partial charge is 0.315 e. The van der Waals surface area contributed by atoms with Crippen LogP contribution in [0.3, 0.4) is 0 Å². The summed E-state index contributed by atoms with van der Waals surface area (Å²) in [5, 5.41) is 3.60. The lowest BCUT2D eigenvalue weighted by Gasteiger charge is -2.48. The van der Waals surface area contributed by atoms with Gasteiger partial charge in [0, 0.05) is 37.8 Å². The van der Waals surface area contributed by atoms with Crippen LogP contribution in [0.5, 0.6) is 0 Å². The zero-order chi connectivity index (χ0) is 15.9. The molecule has 1 aliphatic heterocycles. The number of likely N-dealkylation sites (N-methyl/N-ethyl adjacent to an activating group) is 1. The van der Waals surface area contributed by atoms with Gasteiger partial charge in [0.15, 0.2) is 0 Å². The second kappa shape index (κ2) is 9.12. The molecule has 0 aliphatic carbocycles. The van der Waals surface area contributed by atoms with Crippen molar-refractivity contribution in [2.24, 2.45) is 5.92 Å². The first-order valence-corrected chi connectivity index (χ1v) is 9.12. The van der Waals surface area contributed by atoms with Gasteiger partial charge in [-0.1, -0.05) is 34.1 Å². The molecule has 21 heavy (non-hydrogen) atoms. The molecule has 1 N–H and O–H groups in total. The van der Waals surface area contributed by atoms with Gasteiger partial charge in [-0.3, -0.25) is 4.90 Å². The molecule has 0 aromatic rings. The van der Waals surface area contributed by atoms with Gasteiger partial charge in [0.2, 0.25) is 0 Å². The smallest absolute Gasteiger partial charge is 0.0182 e. The number of hydrogen-bond donors (Lipinski definition) is 1. The number of piperazine rings is 1. The Hall–Kier alpha value is -0.120. The van der Waals surface area contributed by atoms with Crippen LogP contribution in [0.15, 0.2) is 0 Å². The van der Waals surface area contributed by atoms with Crippen LogP contribution in [0.2, 0.25) is 0 Å². The van der Waals surface area contributed by atoms with Crippen molar-refractivity contribution >= 4 is 0 Å². The molecule has 0 aromatic carbocycles. The normalized spacial score (nSPS) is 20.1. The van der Waals surface area contributed by atoms with E-state index in [0.29, 0.717) is 11.6 Å². The molecule has 0 radical (unpaired) electrons. The summed E-state index contributed by atoms with van der Waals surface area (Å²) in [5.74, 6) is 0.793. The third-order valence-electron chi connectivity index (χ3n) is 5.32. The minimum absolute atomic E-state index is 0.328. The van der Waals surface area contributed by atoms with Gasteiger partial charge >= 0.3 is 0 Å². The van der Waals surface area contributed by atoms with E-state index in [9.17, 15) is 0 Å². The Balaban J connectivity index is 2.57. The van der Waals surface area contributed by atoms with Crippen molar-refractivity contribution in [3.8, 4) is 0 Å². The van der Waals surface area contributed by atoms with Crippen molar-refractivity contribution in [2.75, 3.05) is 39.3 Å². The highest BCUT2D eigenvalue weighted by molar-refractivity contribution is 4.91. The maximum atomic E-state index is 3.60. The van der Waals surface area contributed by atoms with Gasteiger partial charge in [0.1, 0.15) is 0 Å². The zero-order valence-electron chi connectivity index (χ0n) is 15.4. The van der Waals surface area contributed by atoms with Gasteiger partial charge in [-0.2, -0.15) is 0 Å².